The van der Waals surface area contributed by atoms with Crippen LogP contribution in [0.2, 0.25) is 0 Å². The van der Waals surface area contributed by atoms with Crippen molar-refractivity contribution in [3.8, 4) is 0 Å². The van der Waals surface area contributed by atoms with Crippen molar-refractivity contribution in [1.29, 1.82) is 0 Å². The fourth-order valence-electron chi connectivity index (χ4n) is 4.18. The van der Waals surface area contributed by atoms with Gasteiger partial charge in [-0.15, -0.1) is 0 Å². The first-order valence-electron chi connectivity index (χ1n) is 10.2. The van der Waals surface area contributed by atoms with Gasteiger partial charge < -0.3 is 19.6 Å². The Morgan fingerprint density at radius 2 is 2.00 bits per heavy atom. The minimum absolute atomic E-state index is 0.0389. The molecule has 3 aromatic rings. The second-order valence-electron chi connectivity index (χ2n) is 7.92. The zero-order valence-electron chi connectivity index (χ0n) is 17.0. The number of nitrogens with zero attached hydrogens (tertiary/aromatic N) is 1. The van der Waals surface area contributed by atoms with Gasteiger partial charge in [0.1, 0.15) is 5.76 Å². The van der Waals surface area contributed by atoms with E-state index in [0.717, 1.165) is 46.2 Å². The summed E-state index contributed by atoms with van der Waals surface area (Å²) in [6.07, 6.45) is 6.27. The number of aromatic nitrogens is 1. The van der Waals surface area contributed by atoms with Crippen LogP contribution in [0.3, 0.4) is 0 Å². The SMILES string of the molecule is Cc1ccc(C)c2[nH]c(=O)c(CN(C(=S)NCc3ccco3)C3CCCC3)cc12. The van der Waals surface area contributed by atoms with Crippen LogP contribution >= 0.6 is 12.2 Å². The highest BCUT2D eigenvalue weighted by Crippen LogP contribution is 2.26. The summed E-state index contributed by atoms with van der Waals surface area (Å²) in [5.74, 6) is 0.841. The molecule has 4 rings (SSSR count). The average molecular weight is 410 g/mol. The molecule has 0 bridgehead atoms. The zero-order chi connectivity index (χ0) is 20.4. The molecule has 0 spiro atoms. The molecule has 1 aliphatic rings. The van der Waals surface area contributed by atoms with Crippen molar-refractivity contribution in [2.24, 2.45) is 0 Å². The number of H-pyrrole nitrogens is 1. The van der Waals surface area contributed by atoms with E-state index in [1.165, 1.54) is 12.8 Å². The molecule has 6 heteroatoms. The Morgan fingerprint density at radius 1 is 1.24 bits per heavy atom. The molecule has 1 saturated carbocycles. The van der Waals surface area contributed by atoms with Crippen molar-refractivity contribution in [2.45, 2.75) is 58.7 Å². The minimum Gasteiger partial charge on any atom is -0.467 e. The van der Waals surface area contributed by atoms with Gasteiger partial charge in [-0.25, -0.2) is 0 Å². The summed E-state index contributed by atoms with van der Waals surface area (Å²) in [4.78, 5) is 18.1. The number of furan rings is 1. The number of thiocarbonyl (C=S) groups is 1. The van der Waals surface area contributed by atoms with Gasteiger partial charge in [0.2, 0.25) is 0 Å². The smallest absolute Gasteiger partial charge is 0.253 e. The first-order valence-corrected chi connectivity index (χ1v) is 10.6. The monoisotopic (exact) mass is 409 g/mol. The van der Waals surface area contributed by atoms with E-state index in [-0.39, 0.29) is 5.56 Å². The number of benzene rings is 1. The molecule has 152 valence electrons. The van der Waals surface area contributed by atoms with Crippen LogP contribution in [0, 0.1) is 13.8 Å². The van der Waals surface area contributed by atoms with Gasteiger partial charge in [0.25, 0.3) is 5.56 Å². The molecular formula is C23H27N3O2S. The summed E-state index contributed by atoms with van der Waals surface area (Å²) in [7, 11) is 0. The Hall–Kier alpha value is -2.60. The minimum atomic E-state index is -0.0389. The fourth-order valence-corrected chi connectivity index (χ4v) is 4.47. The molecule has 1 fully saturated rings. The van der Waals surface area contributed by atoms with Crippen LogP contribution in [-0.4, -0.2) is 21.0 Å². The van der Waals surface area contributed by atoms with Crippen molar-refractivity contribution in [2.75, 3.05) is 0 Å². The standard InChI is InChI=1S/C23H27N3O2S/c1-15-9-10-16(2)21-20(15)12-17(22(27)25-21)14-26(18-6-3-4-7-18)23(29)24-13-19-8-5-11-28-19/h5,8-12,18H,3-4,6-7,13-14H2,1-2H3,(H,24,29)(H,25,27). The van der Waals surface area contributed by atoms with Crippen LogP contribution < -0.4 is 10.9 Å². The van der Waals surface area contributed by atoms with E-state index in [4.69, 9.17) is 16.6 Å². The predicted octanol–water partition coefficient (Wildman–Crippen LogP) is 4.56. The zero-order valence-corrected chi connectivity index (χ0v) is 17.8. The van der Waals surface area contributed by atoms with E-state index >= 15 is 0 Å². The number of aryl methyl sites for hydroxylation is 2. The maximum absolute atomic E-state index is 12.9. The normalized spacial score (nSPS) is 14.4. The topological polar surface area (TPSA) is 61.3 Å². The summed E-state index contributed by atoms with van der Waals surface area (Å²) in [5.41, 5.74) is 3.87. The Kier molecular flexibility index (Phi) is 5.72. The maximum Gasteiger partial charge on any atom is 0.253 e. The molecule has 0 saturated heterocycles. The van der Waals surface area contributed by atoms with E-state index < -0.39 is 0 Å². The molecular weight excluding hydrogens is 382 g/mol. The van der Waals surface area contributed by atoms with Gasteiger partial charge in [-0.3, -0.25) is 4.79 Å². The number of hydrogen-bond acceptors (Lipinski definition) is 3. The van der Waals surface area contributed by atoms with Gasteiger partial charge in [-0.2, -0.15) is 0 Å². The van der Waals surface area contributed by atoms with Gasteiger partial charge in [-0.1, -0.05) is 25.0 Å². The molecule has 1 aromatic carbocycles. The maximum atomic E-state index is 12.9. The van der Waals surface area contributed by atoms with Crippen molar-refractivity contribution >= 4 is 28.2 Å². The second kappa shape index (κ2) is 8.41. The van der Waals surface area contributed by atoms with Crippen LogP contribution in [0.4, 0.5) is 0 Å². The number of fused-ring (bicyclic) bond motifs is 1. The number of nitrogens with one attached hydrogen (secondary N) is 2. The van der Waals surface area contributed by atoms with Crippen molar-refractivity contribution in [3.63, 3.8) is 0 Å². The second-order valence-corrected chi connectivity index (χ2v) is 8.30. The Morgan fingerprint density at radius 3 is 2.72 bits per heavy atom. The molecule has 0 atom stereocenters. The predicted molar refractivity (Wildman–Crippen MR) is 120 cm³/mol. The van der Waals surface area contributed by atoms with E-state index in [1.807, 2.05) is 31.2 Å². The molecule has 2 aromatic heterocycles. The van der Waals surface area contributed by atoms with Crippen LogP contribution in [0.1, 0.15) is 48.1 Å². The summed E-state index contributed by atoms with van der Waals surface area (Å²) >= 11 is 5.73. The van der Waals surface area contributed by atoms with Crippen molar-refractivity contribution < 1.29 is 4.42 Å². The molecule has 0 radical (unpaired) electrons. The van der Waals surface area contributed by atoms with E-state index in [9.17, 15) is 4.79 Å². The first-order chi connectivity index (χ1) is 14.0. The molecule has 2 N–H and O–H groups in total. The van der Waals surface area contributed by atoms with Crippen molar-refractivity contribution in [3.05, 3.63) is 69.4 Å². The summed E-state index contributed by atoms with van der Waals surface area (Å²) < 4.78 is 5.40. The van der Waals surface area contributed by atoms with Gasteiger partial charge in [0.05, 0.1) is 24.9 Å². The number of pyridine rings is 1. The molecule has 5 nitrogen and oxygen atoms in total. The molecule has 0 aliphatic heterocycles. The highest BCUT2D eigenvalue weighted by atomic mass is 32.1. The fraction of sp³-hybridized carbons (Fsp3) is 0.391. The molecule has 29 heavy (non-hydrogen) atoms. The van der Waals surface area contributed by atoms with Gasteiger partial charge >= 0.3 is 0 Å². The van der Waals surface area contributed by atoms with E-state index in [2.05, 4.69) is 28.2 Å². The lowest BCUT2D eigenvalue weighted by Crippen LogP contribution is -2.45. The van der Waals surface area contributed by atoms with E-state index in [1.54, 1.807) is 6.26 Å². The summed E-state index contributed by atoms with van der Waals surface area (Å²) in [6, 6.07) is 10.3. The van der Waals surface area contributed by atoms with Crippen LogP contribution in [0.25, 0.3) is 10.9 Å². The van der Waals surface area contributed by atoms with Gasteiger partial charge in [0.15, 0.2) is 5.11 Å². The third-order valence-corrected chi connectivity index (χ3v) is 6.26. The van der Waals surface area contributed by atoms with Crippen molar-refractivity contribution in [1.82, 2.24) is 15.2 Å². The number of rotatable bonds is 5. The average Bonchev–Trinajstić information content (AvgIpc) is 3.42. The quantitative estimate of drug-likeness (QED) is 0.605. The highest BCUT2D eigenvalue weighted by molar-refractivity contribution is 7.80. The van der Waals surface area contributed by atoms with E-state index in [0.29, 0.717) is 24.2 Å². The summed E-state index contributed by atoms with van der Waals surface area (Å²) in [5, 5.41) is 5.08. The molecule has 2 heterocycles. The van der Waals surface area contributed by atoms with Crippen LogP contribution in [-0.2, 0) is 13.1 Å². The summed E-state index contributed by atoms with van der Waals surface area (Å²) in [6.45, 7) is 5.15. The van der Waals surface area contributed by atoms with Gasteiger partial charge in [-0.05, 0) is 68.2 Å². The largest absolute Gasteiger partial charge is 0.467 e. The Balaban J connectivity index is 1.61. The molecule has 0 amide bonds. The lowest BCUT2D eigenvalue weighted by atomic mass is 10.0. The Labute approximate surface area is 176 Å². The highest BCUT2D eigenvalue weighted by Gasteiger charge is 2.25. The third kappa shape index (κ3) is 4.22. The third-order valence-electron chi connectivity index (χ3n) is 5.88. The van der Waals surface area contributed by atoms with Gasteiger partial charge in [0, 0.05) is 17.0 Å². The molecule has 0 unspecified atom stereocenters. The Bertz CT molecular complexity index is 1070. The first kappa shape index (κ1) is 19.7. The number of hydrogen-bond donors (Lipinski definition) is 2. The lowest BCUT2D eigenvalue weighted by molar-refractivity contribution is 0.301. The number of aromatic amines is 1. The van der Waals surface area contributed by atoms with Crippen LogP contribution in [0.15, 0.2) is 45.8 Å². The van der Waals surface area contributed by atoms with Crippen LogP contribution in [0.5, 0.6) is 0 Å². The molecule has 1 aliphatic carbocycles. The lowest BCUT2D eigenvalue weighted by Gasteiger charge is -2.31.